The van der Waals surface area contributed by atoms with Crippen molar-refractivity contribution in [1.29, 1.82) is 0 Å². The number of nitrogens with one attached hydrogen (secondary N) is 2. The molecule has 3 aromatic rings. The number of hydrogen-bond acceptors (Lipinski definition) is 11. The van der Waals surface area contributed by atoms with Crippen LogP contribution in [-0.2, 0) is 40.3 Å². The minimum Gasteiger partial charge on any atom is -0.484 e. The molecule has 0 fully saturated rings. The van der Waals surface area contributed by atoms with Gasteiger partial charge in [-0.15, -0.1) is 11.3 Å². The van der Waals surface area contributed by atoms with E-state index in [-0.39, 0.29) is 81.3 Å². The molecule has 0 saturated heterocycles. The number of rotatable bonds is 8. The Kier molecular flexibility index (Phi) is 13.2. The highest BCUT2D eigenvalue weighted by atomic mass is 32.2. The molecule has 1 unspecified atom stereocenters. The summed E-state index contributed by atoms with van der Waals surface area (Å²) in [6, 6.07) is 10.3. The molecule has 1 atom stereocenters. The highest BCUT2D eigenvalue weighted by Gasteiger charge is 2.40. The Bertz CT molecular complexity index is 1650. The Morgan fingerprint density at radius 3 is 2.50 bits per heavy atom. The van der Waals surface area contributed by atoms with Gasteiger partial charge in [0.15, 0.2) is 12.4 Å². The van der Waals surface area contributed by atoms with Gasteiger partial charge in [0, 0.05) is 51.9 Å². The molecule has 0 aliphatic carbocycles. The predicted octanol–water partition coefficient (Wildman–Crippen LogP) is 3.63. The number of benzene rings is 1. The SMILES string of the molecule is CCOC(=O)C1(CCOC)CNC(=O)CCCN(S(=O)(=O)c2ccc(-c3onc(C)c3C)s2)CCCNC(=O)COc2ccc(cc2)C1. The Morgan fingerprint density at radius 1 is 1.06 bits per heavy atom. The smallest absolute Gasteiger partial charge is 0.314 e. The van der Waals surface area contributed by atoms with E-state index in [2.05, 4.69) is 15.8 Å². The van der Waals surface area contributed by atoms with Crippen LogP contribution in [-0.4, -0.2) is 88.8 Å². The van der Waals surface area contributed by atoms with Gasteiger partial charge in [-0.1, -0.05) is 17.3 Å². The zero-order valence-corrected chi connectivity index (χ0v) is 29.5. The number of fused-ring (bicyclic) bond motifs is 17. The number of thiophene rings is 1. The Labute approximate surface area is 285 Å². The summed E-state index contributed by atoms with van der Waals surface area (Å²) in [6.07, 6.45) is 1.16. The second kappa shape index (κ2) is 17.0. The van der Waals surface area contributed by atoms with Gasteiger partial charge in [0.2, 0.25) is 5.91 Å². The average molecular weight is 705 g/mol. The van der Waals surface area contributed by atoms with Gasteiger partial charge in [-0.2, -0.15) is 4.31 Å². The van der Waals surface area contributed by atoms with E-state index in [1.807, 2.05) is 26.0 Å². The van der Waals surface area contributed by atoms with E-state index in [0.29, 0.717) is 29.2 Å². The summed E-state index contributed by atoms with van der Waals surface area (Å²) in [5.74, 6) is -0.130. The second-order valence-electron chi connectivity index (χ2n) is 11.7. The lowest BCUT2D eigenvalue weighted by molar-refractivity contribution is -0.156. The fraction of sp³-hybridized carbons (Fsp3) is 0.515. The first-order valence-electron chi connectivity index (χ1n) is 15.9. The largest absolute Gasteiger partial charge is 0.484 e. The van der Waals surface area contributed by atoms with Gasteiger partial charge in [0.25, 0.3) is 15.9 Å². The van der Waals surface area contributed by atoms with Crippen LogP contribution < -0.4 is 15.4 Å². The first-order valence-corrected chi connectivity index (χ1v) is 18.2. The fourth-order valence-corrected chi connectivity index (χ4v) is 8.33. The van der Waals surface area contributed by atoms with Gasteiger partial charge in [0.1, 0.15) is 9.96 Å². The molecular weight excluding hydrogens is 661 g/mol. The zero-order valence-electron chi connectivity index (χ0n) is 27.8. The van der Waals surface area contributed by atoms with E-state index < -0.39 is 21.4 Å². The molecule has 2 aliphatic heterocycles. The molecule has 2 aliphatic rings. The lowest BCUT2D eigenvalue weighted by Gasteiger charge is -2.32. The molecule has 262 valence electrons. The van der Waals surface area contributed by atoms with Crippen LogP contribution in [0.5, 0.6) is 5.75 Å². The normalized spacial score (nSPS) is 19.2. The minimum absolute atomic E-state index is 0.00691. The molecule has 2 amide bonds. The van der Waals surface area contributed by atoms with E-state index in [0.717, 1.165) is 28.2 Å². The second-order valence-corrected chi connectivity index (χ2v) is 14.9. The number of ether oxygens (including phenoxy) is 3. The molecule has 0 radical (unpaired) electrons. The minimum atomic E-state index is -3.95. The molecule has 0 spiro atoms. The molecule has 5 rings (SSSR count). The van der Waals surface area contributed by atoms with Crippen LogP contribution in [0.25, 0.3) is 10.6 Å². The standard InChI is InChI=1S/C33H44N4O9S2/c1-5-44-32(40)33(15-19-43-4)20-25-9-11-26(12-10-25)45-21-29(39)34-16-7-18-37(17-6-8-28(38)35-22-33)48(41,42)30-14-13-27(47-30)31-23(2)24(3)36-46-31/h9-14H,5-8,15-22H2,1-4H3,(H,34,39)(H,35,38). The van der Waals surface area contributed by atoms with Crippen LogP contribution in [0.15, 0.2) is 45.1 Å². The number of hydrogen-bond donors (Lipinski definition) is 2. The van der Waals surface area contributed by atoms with Gasteiger partial charge < -0.3 is 29.4 Å². The van der Waals surface area contributed by atoms with Crippen molar-refractivity contribution in [3.05, 3.63) is 53.2 Å². The average Bonchev–Trinajstić information content (AvgIpc) is 3.69. The van der Waals surface area contributed by atoms with Gasteiger partial charge in [0.05, 0.1) is 22.6 Å². The van der Waals surface area contributed by atoms with E-state index in [1.165, 1.54) is 10.4 Å². The topological polar surface area (TPSA) is 166 Å². The summed E-state index contributed by atoms with van der Waals surface area (Å²) in [5.41, 5.74) is 1.26. The van der Waals surface area contributed by atoms with Gasteiger partial charge in [-0.25, -0.2) is 8.42 Å². The summed E-state index contributed by atoms with van der Waals surface area (Å²) < 4.78 is 51.0. The lowest BCUT2D eigenvalue weighted by atomic mass is 9.78. The molecular formula is C33H44N4O9S2. The van der Waals surface area contributed by atoms with Crippen LogP contribution in [0, 0.1) is 19.3 Å². The van der Waals surface area contributed by atoms with Crippen molar-refractivity contribution in [3.8, 4) is 16.4 Å². The third-order valence-electron chi connectivity index (χ3n) is 8.23. The summed E-state index contributed by atoms with van der Waals surface area (Å²) in [4.78, 5) is 39.7. The zero-order chi connectivity index (χ0) is 34.7. The maximum absolute atomic E-state index is 13.9. The van der Waals surface area contributed by atoms with E-state index >= 15 is 0 Å². The summed E-state index contributed by atoms with van der Waals surface area (Å²) in [7, 11) is -2.41. The number of nitrogens with zero attached hydrogens (tertiary/aromatic N) is 2. The lowest BCUT2D eigenvalue weighted by Crippen LogP contribution is -2.46. The number of carbonyl (C=O) groups excluding carboxylic acids is 3. The first-order chi connectivity index (χ1) is 23.0. The molecule has 15 heteroatoms. The van der Waals surface area contributed by atoms with Crippen molar-refractivity contribution in [2.45, 2.75) is 57.1 Å². The highest BCUT2D eigenvalue weighted by molar-refractivity contribution is 7.91. The third kappa shape index (κ3) is 9.43. The molecule has 13 nitrogen and oxygen atoms in total. The maximum atomic E-state index is 13.9. The van der Waals surface area contributed by atoms with Gasteiger partial charge in [-0.3, -0.25) is 14.4 Å². The van der Waals surface area contributed by atoms with Crippen molar-refractivity contribution in [2.24, 2.45) is 5.41 Å². The highest BCUT2D eigenvalue weighted by Crippen LogP contribution is 2.35. The Balaban J connectivity index is 1.56. The van der Waals surface area contributed by atoms with Gasteiger partial charge >= 0.3 is 5.97 Å². The van der Waals surface area contributed by atoms with E-state index in [4.69, 9.17) is 18.7 Å². The van der Waals surface area contributed by atoms with E-state index in [1.54, 1.807) is 32.2 Å². The third-order valence-corrected chi connectivity index (χ3v) is 11.7. The number of aryl methyl sites for hydroxylation is 1. The molecule has 1 aromatic carbocycles. The molecule has 0 saturated carbocycles. The molecule has 2 bridgehead atoms. The maximum Gasteiger partial charge on any atom is 0.314 e. The summed E-state index contributed by atoms with van der Waals surface area (Å²) in [6.45, 7) is 6.04. The number of sulfonamides is 1. The number of carbonyl (C=O) groups is 3. The Hall–Kier alpha value is -3.79. The monoisotopic (exact) mass is 704 g/mol. The summed E-state index contributed by atoms with van der Waals surface area (Å²) >= 11 is 1.08. The molecule has 48 heavy (non-hydrogen) atoms. The molecule has 2 N–H and O–H groups in total. The number of amides is 2. The van der Waals surface area contributed by atoms with Crippen molar-refractivity contribution in [3.63, 3.8) is 0 Å². The number of methoxy groups -OCH3 is 1. The fourth-order valence-electron chi connectivity index (χ4n) is 5.32. The number of esters is 1. The van der Waals surface area contributed by atoms with Crippen molar-refractivity contribution >= 4 is 39.1 Å². The molecule has 2 aromatic heterocycles. The summed E-state index contributed by atoms with van der Waals surface area (Å²) in [5, 5.41) is 9.65. The van der Waals surface area contributed by atoms with Crippen molar-refractivity contribution in [1.82, 2.24) is 20.1 Å². The predicted molar refractivity (Wildman–Crippen MR) is 179 cm³/mol. The van der Waals surface area contributed by atoms with Crippen LogP contribution in [0.3, 0.4) is 0 Å². The van der Waals surface area contributed by atoms with Crippen LogP contribution in [0.4, 0.5) is 0 Å². The molecule has 4 heterocycles. The number of aromatic nitrogens is 1. The van der Waals surface area contributed by atoms with Gasteiger partial charge in [-0.05, 0) is 76.3 Å². The van der Waals surface area contributed by atoms with Crippen molar-refractivity contribution in [2.75, 3.05) is 53.1 Å². The van der Waals surface area contributed by atoms with Crippen molar-refractivity contribution < 1.29 is 41.5 Å². The van der Waals surface area contributed by atoms with Crippen LogP contribution in [0.1, 0.15) is 49.4 Å². The Morgan fingerprint density at radius 2 is 1.81 bits per heavy atom. The van der Waals surface area contributed by atoms with Crippen LogP contribution in [0.2, 0.25) is 0 Å². The quantitative estimate of drug-likeness (QED) is 0.331. The van der Waals surface area contributed by atoms with E-state index in [9.17, 15) is 22.8 Å². The van der Waals surface area contributed by atoms with Crippen LogP contribution >= 0.6 is 11.3 Å². The first kappa shape index (κ1) is 37.0.